The molecule has 19 heavy (non-hydrogen) atoms. The van der Waals surface area contributed by atoms with Crippen LogP contribution in [0.4, 0.5) is 4.39 Å². The third-order valence-electron chi connectivity index (χ3n) is 2.56. The van der Waals surface area contributed by atoms with Gasteiger partial charge in [0.05, 0.1) is 10.9 Å². The molecule has 0 saturated heterocycles. The molecule has 2 aromatic rings. The van der Waals surface area contributed by atoms with E-state index in [1.165, 1.54) is 12.1 Å². The molecule has 0 saturated carbocycles. The van der Waals surface area contributed by atoms with Crippen LogP contribution < -0.4 is 4.74 Å². The molecule has 0 N–H and O–H groups in total. The van der Waals surface area contributed by atoms with Crippen LogP contribution in [-0.4, -0.2) is 0 Å². The molecule has 0 fully saturated rings. The van der Waals surface area contributed by atoms with Gasteiger partial charge in [0.25, 0.3) is 0 Å². The Kier molecular flexibility index (Phi) is 5.08. The summed E-state index contributed by atoms with van der Waals surface area (Å²) in [7, 11) is 0. The van der Waals surface area contributed by atoms with Crippen molar-refractivity contribution in [2.75, 3.05) is 0 Å². The Morgan fingerprint density at radius 1 is 1.11 bits per heavy atom. The molecule has 2 rings (SSSR count). The van der Waals surface area contributed by atoms with E-state index in [0.29, 0.717) is 16.7 Å². The second-order valence-corrected chi connectivity index (χ2v) is 5.50. The molecule has 0 radical (unpaired) electrons. The first kappa shape index (κ1) is 14.6. The van der Waals surface area contributed by atoms with Gasteiger partial charge in [-0.05, 0) is 30.3 Å². The van der Waals surface area contributed by atoms with Crippen LogP contribution in [0.1, 0.15) is 11.1 Å². The lowest BCUT2D eigenvalue weighted by Crippen LogP contribution is -1.99. The van der Waals surface area contributed by atoms with Crippen LogP contribution in [0.3, 0.4) is 0 Å². The number of halogens is 4. The fourth-order valence-electron chi connectivity index (χ4n) is 1.59. The average molecular weight is 364 g/mol. The van der Waals surface area contributed by atoms with E-state index in [2.05, 4.69) is 15.9 Å². The number of alkyl halides is 1. The molecular formula is C14H10BrCl2FO. The van der Waals surface area contributed by atoms with Gasteiger partial charge in [-0.25, -0.2) is 4.39 Å². The first-order valence-electron chi connectivity index (χ1n) is 5.51. The molecule has 1 nitrogen and oxygen atoms in total. The maximum atomic E-state index is 12.9. The minimum absolute atomic E-state index is 0.268. The van der Waals surface area contributed by atoms with E-state index in [-0.39, 0.29) is 12.4 Å². The second kappa shape index (κ2) is 6.60. The summed E-state index contributed by atoms with van der Waals surface area (Å²) in [6.45, 7) is 0.268. The van der Waals surface area contributed by atoms with E-state index < -0.39 is 0 Å². The van der Waals surface area contributed by atoms with Crippen molar-refractivity contribution in [2.24, 2.45) is 0 Å². The Morgan fingerprint density at radius 2 is 1.89 bits per heavy atom. The SMILES string of the molecule is Fc1ccc(COc2ccc(Br)cc2CCl)c(Cl)c1. The molecule has 0 aliphatic heterocycles. The molecule has 0 spiro atoms. The summed E-state index contributed by atoms with van der Waals surface area (Å²) in [6, 6.07) is 9.83. The van der Waals surface area contributed by atoms with Crippen LogP contribution >= 0.6 is 39.1 Å². The lowest BCUT2D eigenvalue weighted by Gasteiger charge is -2.11. The molecule has 0 aliphatic carbocycles. The highest BCUT2D eigenvalue weighted by molar-refractivity contribution is 9.10. The van der Waals surface area contributed by atoms with Crippen LogP contribution in [0.15, 0.2) is 40.9 Å². The van der Waals surface area contributed by atoms with Crippen molar-refractivity contribution < 1.29 is 9.13 Å². The average Bonchev–Trinajstić information content (AvgIpc) is 2.39. The van der Waals surface area contributed by atoms with Crippen molar-refractivity contribution in [3.8, 4) is 5.75 Å². The van der Waals surface area contributed by atoms with Crippen LogP contribution in [0.5, 0.6) is 5.75 Å². The Labute approximate surface area is 129 Å². The second-order valence-electron chi connectivity index (χ2n) is 3.91. The first-order chi connectivity index (χ1) is 9.10. The summed E-state index contributed by atoms with van der Waals surface area (Å²) in [5.74, 6) is 0.684. The summed E-state index contributed by atoms with van der Waals surface area (Å²) >= 11 is 15.2. The lowest BCUT2D eigenvalue weighted by molar-refractivity contribution is 0.303. The van der Waals surface area contributed by atoms with Gasteiger partial charge < -0.3 is 4.74 Å². The predicted octanol–water partition coefficient (Wildman–Crippen LogP) is 5.56. The molecule has 0 amide bonds. The molecule has 100 valence electrons. The first-order valence-corrected chi connectivity index (χ1v) is 7.22. The maximum absolute atomic E-state index is 12.9. The van der Waals surface area contributed by atoms with Crippen LogP contribution in [0, 0.1) is 5.82 Å². The van der Waals surface area contributed by atoms with Crippen LogP contribution in [0.25, 0.3) is 0 Å². The zero-order chi connectivity index (χ0) is 13.8. The van der Waals surface area contributed by atoms with Gasteiger partial charge in [-0.3, -0.25) is 0 Å². The molecule has 0 aromatic heterocycles. The van der Waals surface area contributed by atoms with E-state index in [1.54, 1.807) is 6.07 Å². The molecule has 5 heteroatoms. The van der Waals surface area contributed by atoms with Crippen LogP contribution in [-0.2, 0) is 12.5 Å². The molecular weight excluding hydrogens is 354 g/mol. The molecule has 0 aliphatic rings. The van der Waals surface area contributed by atoms with Gasteiger partial charge in [-0.1, -0.05) is 33.6 Å². The van der Waals surface area contributed by atoms with Crippen molar-refractivity contribution in [3.05, 3.63) is 62.8 Å². The Hall–Kier alpha value is -0.770. The zero-order valence-corrected chi connectivity index (χ0v) is 12.9. The maximum Gasteiger partial charge on any atom is 0.124 e. The topological polar surface area (TPSA) is 9.23 Å². The van der Waals surface area contributed by atoms with Gasteiger partial charge >= 0.3 is 0 Å². The number of benzene rings is 2. The van der Waals surface area contributed by atoms with Crippen molar-refractivity contribution in [3.63, 3.8) is 0 Å². The standard InChI is InChI=1S/C14H10BrCl2FO/c15-11-2-4-14(10(5-11)7-16)19-8-9-1-3-12(18)6-13(9)17/h1-6H,7-8H2. The minimum Gasteiger partial charge on any atom is -0.489 e. The highest BCUT2D eigenvalue weighted by atomic mass is 79.9. The summed E-state index contributed by atoms with van der Waals surface area (Å²) in [5, 5.41) is 0.351. The summed E-state index contributed by atoms with van der Waals surface area (Å²) < 4.78 is 19.5. The lowest BCUT2D eigenvalue weighted by atomic mass is 10.2. The fraction of sp³-hybridized carbons (Fsp3) is 0.143. The largest absolute Gasteiger partial charge is 0.489 e. The predicted molar refractivity (Wildman–Crippen MR) is 79.4 cm³/mol. The summed E-state index contributed by atoms with van der Waals surface area (Å²) in [5.41, 5.74) is 1.61. The third-order valence-corrected chi connectivity index (χ3v) is 3.70. The number of hydrogen-bond donors (Lipinski definition) is 0. The molecule has 0 heterocycles. The molecule has 2 aromatic carbocycles. The Bertz CT molecular complexity index is 590. The van der Waals surface area contributed by atoms with Gasteiger partial charge in [0.2, 0.25) is 0 Å². The van der Waals surface area contributed by atoms with Gasteiger partial charge in [-0.2, -0.15) is 0 Å². The van der Waals surface area contributed by atoms with Gasteiger partial charge in [0, 0.05) is 15.6 Å². The highest BCUT2D eigenvalue weighted by Crippen LogP contribution is 2.26. The smallest absolute Gasteiger partial charge is 0.124 e. The zero-order valence-electron chi connectivity index (χ0n) is 9.80. The summed E-state index contributed by atoms with van der Waals surface area (Å²) in [4.78, 5) is 0. The monoisotopic (exact) mass is 362 g/mol. The van der Waals surface area contributed by atoms with Gasteiger partial charge in [-0.15, -0.1) is 11.6 Å². The highest BCUT2D eigenvalue weighted by Gasteiger charge is 2.06. The van der Waals surface area contributed by atoms with E-state index in [0.717, 1.165) is 15.6 Å². The van der Waals surface area contributed by atoms with E-state index in [9.17, 15) is 4.39 Å². The number of ether oxygens (including phenoxy) is 1. The number of rotatable bonds is 4. The quantitative estimate of drug-likeness (QED) is 0.646. The molecule has 0 bridgehead atoms. The molecule has 0 unspecified atom stereocenters. The van der Waals surface area contributed by atoms with Gasteiger partial charge in [0.15, 0.2) is 0 Å². The van der Waals surface area contributed by atoms with E-state index in [4.69, 9.17) is 27.9 Å². The Morgan fingerprint density at radius 3 is 2.58 bits per heavy atom. The Balaban J connectivity index is 2.14. The van der Waals surface area contributed by atoms with Crippen molar-refractivity contribution in [1.29, 1.82) is 0 Å². The normalized spacial score (nSPS) is 10.5. The minimum atomic E-state index is -0.362. The number of hydrogen-bond acceptors (Lipinski definition) is 1. The van der Waals surface area contributed by atoms with E-state index in [1.807, 2.05) is 18.2 Å². The van der Waals surface area contributed by atoms with Crippen molar-refractivity contribution in [1.82, 2.24) is 0 Å². The van der Waals surface area contributed by atoms with Crippen molar-refractivity contribution >= 4 is 39.1 Å². The fourth-order valence-corrected chi connectivity index (χ4v) is 2.43. The third kappa shape index (κ3) is 3.85. The van der Waals surface area contributed by atoms with Gasteiger partial charge in [0.1, 0.15) is 18.2 Å². The van der Waals surface area contributed by atoms with E-state index >= 15 is 0 Å². The van der Waals surface area contributed by atoms with Crippen molar-refractivity contribution in [2.45, 2.75) is 12.5 Å². The van der Waals surface area contributed by atoms with Crippen LogP contribution in [0.2, 0.25) is 5.02 Å². The summed E-state index contributed by atoms with van der Waals surface area (Å²) in [6.07, 6.45) is 0. The molecule has 0 atom stereocenters.